The van der Waals surface area contributed by atoms with Crippen LogP contribution in [0.5, 0.6) is 0 Å². The zero-order valence-corrected chi connectivity index (χ0v) is 12.2. The maximum absolute atomic E-state index is 6.05. The molecule has 0 spiro atoms. The number of nitrogens with zero attached hydrogens (tertiary/aromatic N) is 3. The smallest absolute Gasteiger partial charge is 0.0645 e. The Hall–Kier alpha value is -2.33. The lowest BCUT2D eigenvalue weighted by Crippen LogP contribution is -2.07. The van der Waals surface area contributed by atoms with Crippen molar-refractivity contribution in [2.24, 2.45) is 5.73 Å². The van der Waals surface area contributed by atoms with Crippen LogP contribution in [-0.4, -0.2) is 14.3 Å². The van der Waals surface area contributed by atoms with Gasteiger partial charge in [-0.05, 0) is 30.2 Å². The standard InChI is InChI=1S/C17H20N4/c1-2-17(18)15-8-9-20(13-15)11-14-10-19-21(12-14)16-6-4-3-5-7-16/h3-10,12-13,17H,2,11,18H2,1H3. The predicted molar refractivity (Wildman–Crippen MR) is 84.3 cm³/mol. The van der Waals surface area contributed by atoms with Gasteiger partial charge in [0.15, 0.2) is 0 Å². The first-order valence-corrected chi connectivity index (χ1v) is 7.26. The molecule has 0 aliphatic carbocycles. The lowest BCUT2D eigenvalue weighted by Gasteiger charge is -2.05. The van der Waals surface area contributed by atoms with E-state index in [2.05, 4.69) is 41.2 Å². The van der Waals surface area contributed by atoms with Crippen LogP contribution in [0, 0.1) is 0 Å². The first-order valence-electron chi connectivity index (χ1n) is 7.26. The summed E-state index contributed by atoms with van der Waals surface area (Å²) >= 11 is 0. The number of nitrogens with two attached hydrogens (primary N) is 1. The largest absolute Gasteiger partial charge is 0.349 e. The van der Waals surface area contributed by atoms with Gasteiger partial charge in [0, 0.05) is 30.2 Å². The van der Waals surface area contributed by atoms with Gasteiger partial charge < -0.3 is 10.3 Å². The van der Waals surface area contributed by atoms with Crippen molar-refractivity contribution in [2.75, 3.05) is 0 Å². The highest BCUT2D eigenvalue weighted by atomic mass is 15.3. The number of para-hydroxylation sites is 1. The van der Waals surface area contributed by atoms with E-state index in [1.807, 2.05) is 41.2 Å². The highest BCUT2D eigenvalue weighted by molar-refractivity contribution is 5.31. The molecule has 0 aliphatic heterocycles. The molecule has 4 nitrogen and oxygen atoms in total. The summed E-state index contributed by atoms with van der Waals surface area (Å²) in [7, 11) is 0. The number of rotatable bonds is 5. The number of benzene rings is 1. The normalized spacial score (nSPS) is 12.5. The summed E-state index contributed by atoms with van der Waals surface area (Å²) in [4.78, 5) is 0. The van der Waals surface area contributed by atoms with Gasteiger partial charge in [0.1, 0.15) is 0 Å². The predicted octanol–water partition coefficient (Wildman–Crippen LogP) is 3.13. The van der Waals surface area contributed by atoms with Crippen LogP contribution in [0.3, 0.4) is 0 Å². The fraction of sp³-hybridized carbons (Fsp3) is 0.235. The average Bonchev–Trinajstić information content (AvgIpc) is 3.17. The maximum Gasteiger partial charge on any atom is 0.0645 e. The Balaban J connectivity index is 1.74. The highest BCUT2D eigenvalue weighted by Gasteiger charge is 2.06. The minimum atomic E-state index is 0.123. The molecule has 4 heteroatoms. The van der Waals surface area contributed by atoms with Crippen LogP contribution >= 0.6 is 0 Å². The molecule has 3 rings (SSSR count). The Morgan fingerprint density at radius 2 is 1.95 bits per heavy atom. The second kappa shape index (κ2) is 5.97. The van der Waals surface area contributed by atoms with Gasteiger partial charge in [-0.25, -0.2) is 4.68 Å². The van der Waals surface area contributed by atoms with Crippen molar-refractivity contribution in [1.82, 2.24) is 14.3 Å². The molecule has 2 heterocycles. The van der Waals surface area contributed by atoms with Crippen LogP contribution in [0.15, 0.2) is 61.2 Å². The molecular weight excluding hydrogens is 260 g/mol. The third kappa shape index (κ3) is 3.06. The van der Waals surface area contributed by atoms with Crippen molar-refractivity contribution in [1.29, 1.82) is 0 Å². The molecule has 1 aromatic carbocycles. The van der Waals surface area contributed by atoms with E-state index in [4.69, 9.17) is 5.73 Å². The fourth-order valence-corrected chi connectivity index (χ4v) is 2.39. The van der Waals surface area contributed by atoms with Crippen molar-refractivity contribution >= 4 is 0 Å². The molecule has 0 saturated carbocycles. The van der Waals surface area contributed by atoms with Crippen molar-refractivity contribution in [2.45, 2.75) is 25.9 Å². The third-order valence-electron chi connectivity index (χ3n) is 3.66. The minimum Gasteiger partial charge on any atom is -0.349 e. The van der Waals surface area contributed by atoms with E-state index in [0.717, 1.165) is 18.7 Å². The molecule has 0 amide bonds. The third-order valence-corrected chi connectivity index (χ3v) is 3.66. The highest BCUT2D eigenvalue weighted by Crippen LogP contribution is 2.15. The van der Waals surface area contributed by atoms with E-state index in [9.17, 15) is 0 Å². The van der Waals surface area contributed by atoms with Gasteiger partial charge in [0.05, 0.1) is 18.4 Å². The van der Waals surface area contributed by atoms with Crippen LogP contribution < -0.4 is 5.73 Å². The maximum atomic E-state index is 6.05. The number of aromatic nitrogens is 3. The molecule has 0 aliphatic rings. The first-order chi connectivity index (χ1) is 10.3. The summed E-state index contributed by atoms with van der Waals surface area (Å²) in [5, 5.41) is 4.42. The van der Waals surface area contributed by atoms with Crippen LogP contribution in [0.4, 0.5) is 0 Å². The average molecular weight is 280 g/mol. The zero-order valence-electron chi connectivity index (χ0n) is 12.2. The van der Waals surface area contributed by atoms with Gasteiger partial charge in [-0.2, -0.15) is 5.10 Å². The van der Waals surface area contributed by atoms with Gasteiger partial charge in [-0.1, -0.05) is 25.1 Å². The molecule has 108 valence electrons. The fourth-order valence-electron chi connectivity index (χ4n) is 2.39. The molecule has 1 unspecified atom stereocenters. The van der Waals surface area contributed by atoms with E-state index in [-0.39, 0.29) is 6.04 Å². The Kier molecular flexibility index (Phi) is 3.88. The monoisotopic (exact) mass is 280 g/mol. The SMILES string of the molecule is CCC(N)c1ccn(Cc2cnn(-c3ccccc3)c2)c1. The summed E-state index contributed by atoms with van der Waals surface area (Å²) in [6.07, 6.45) is 9.12. The van der Waals surface area contributed by atoms with Gasteiger partial charge in [-0.3, -0.25) is 0 Å². The summed E-state index contributed by atoms with van der Waals surface area (Å²) in [5.74, 6) is 0. The van der Waals surface area contributed by atoms with Crippen LogP contribution in [0.2, 0.25) is 0 Å². The van der Waals surface area contributed by atoms with E-state index in [1.54, 1.807) is 0 Å². The molecule has 2 aromatic heterocycles. The zero-order chi connectivity index (χ0) is 14.7. The summed E-state index contributed by atoms with van der Waals surface area (Å²) in [6.45, 7) is 2.91. The van der Waals surface area contributed by atoms with Gasteiger partial charge >= 0.3 is 0 Å². The molecule has 3 aromatic rings. The van der Waals surface area contributed by atoms with E-state index in [1.165, 1.54) is 11.1 Å². The Labute approximate surface area is 124 Å². The van der Waals surface area contributed by atoms with Gasteiger partial charge in [0.25, 0.3) is 0 Å². The van der Waals surface area contributed by atoms with Crippen molar-refractivity contribution in [3.05, 3.63) is 72.3 Å². The Morgan fingerprint density at radius 1 is 1.14 bits per heavy atom. The van der Waals surface area contributed by atoms with E-state index >= 15 is 0 Å². The second-order valence-corrected chi connectivity index (χ2v) is 5.26. The van der Waals surface area contributed by atoms with Crippen LogP contribution in [0.1, 0.15) is 30.5 Å². The summed E-state index contributed by atoms with van der Waals surface area (Å²) in [5.41, 5.74) is 9.49. The van der Waals surface area contributed by atoms with Crippen molar-refractivity contribution < 1.29 is 0 Å². The van der Waals surface area contributed by atoms with Crippen LogP contribution in [-0.2, 0) is 6.54 Å². The van der Waals surface area contributed by atoms with E-state index in [0.29, 0.717) is 0 Å². The molecule has 0 bridgehead atoms. The van der Waals surface area contributed by atoms with Crippen molar-refractivity contribution in [3.8, 4) is 5.69 Å². The Morgan fingerprint density at radius 3 is 2.71 bits per heavy atom. The molecule has 2 N–H and O–H groups in total. The lowest BCUT2D eigenvalue weighted by atomic mass is 10.1. The van der Waals surface area contributed by atoms with E-state index < -0.39 is 0 Å². The van der Waals surface area contributed by atoms with Crippen LogP contribution in [0.25, 0.3) is 5.69 Å². The molecule has 21 heavy (non-hydrogen) atoms. The van der Waals surface area contributed by atoms with Gasteiger partial charge in [-0.15, -0.1) is 0 Å². The lowest BCUT2D eigenvalue weighted by molar-refractivity contribution is 0.693. The summed E-state index contributed by atoms with van der Waals surface area (Å²) in [6, 6.07) is 12.3. The first kappa shape index (κ1) is 13.6. The molecule has 0 saturated heterocycles. The molecule has 0 fully saturated rings. The number of hydrogen-bond acceptors (Lipinski definition) is 2. The quantitative estimate of drug-likeness (QED) is 0.780. The summed E-state index contributed by atoms with van der Waals surface area (Å²) < 4.78 is 4.05. The number of hydrogen-bond donors (Lipinski definition) is 1. The topological polar surface area (TPSA) is 48.8 Å². The Bertz CT molecular complexity index is 696. The minimum absolute atomic E-state index is 0.123. The second-order valence-electron chi connectivity index (χ2n) is 5.26. The molecule has 0 radical (unpaired) electrons. The molecular formula is C17H20N4. The molecule has 1 atom stereocenters. The van der Waals surface area contributed by atoms with Crippen molar-refractivity contribution in [3.63, 3.8) is 0 Å². The van der Waals surface area contributed by atoms with Gasteiger partial charge in [0.2, 0.25) is 0 Å².